The lowest BCUT2D eigenvalue weighted by molar-refractivity contribution is 0.554. The summed E-state index contributed by atoms with van der Waals surface area (Å²) in [7, 11) is -2.16. The van der Waals surface area contributed by atoms with Gasteiger partial charge in [0.25, 0.3) is 0 Å². The molecule has 1 rings (SSSR count). The van der Waals surface area contributed by atoms with Crippen molar-refractivity contribution in [2.75, 3.05) is 13.6 Å². The van der Waals surface area contributed by atoms with Crippen LogP contribution in [0.5, 0.6) is 0 Å². The minimum absolute atomic E-state index is 0. The van der Waals surface area contributed by atoms with Crippen molar-refractivity contribution < 1.29 is 12.8 Å². The average Bonchev–Trinajstić information content (AvgIpc) is 2.24. The lowest BCUT2D eigenvalue weighted by atomic mass is 10.3. The zero-order chi connectivity index (χ0) is 13.9. The molecule has 0 saturated carbocycles. The van der Waals surface area contributed by atoms with Crippen molar-refractivity contribution in [3.8, 4) is 0 Å². The molecule has 0 aromatic heterocycles. The molecule has 2 N–H and O–H groups in total. The number of rotatable bonds is 5. The molecule has 0 spiro atoms. The van der Waals surface area contributed by atoms with Crippen LogP contribution in [0.15, 0.2) is 17.0 Å². The van der Waals surface area contributed by atoms with E-state index in [2.05, 4.69) is 10.0 Å². The Labute approximate surface area is 128 Å². The van der Waals surface area contributed by atoms with Crippen LogP contribution < -0.4 is 10.0 Å². The highest BCUT2D eigenvalue weighted by Crippen LogP contribution is 2.30. The lowest BCUT2D eigenvalue weighted by Gasteiger charge is -2.13. The number of likely N-dealkylation sites (N-methyl/N-ethyl adjacent to an activating group) is 1. The second-order valence-electron chi connectivity index (χ2n) is 3.74. The topological polar surface area (TPSA) is 58.2 Å². The molecule has 1 atom stereocenters. The van der Waals surface area contributed by atoms with Gasteiger partial charge in [-0.05, 0) is 26.1 Å². The smallest absolute Gasteiger partial charge is 0.243 e. The standard InChI is InChI=1S/C10H13Cl2FN2O2S.ClH/c1-6(14-2)5-15-18(16,17)10-8(11)3-7(13)4-9(10)12;/h3-4,6,14-15H,5H2,1-2H3;1H. The first-order chi connectivity index (χ1) is 8.27. The Kier molecular flexibility index (Phi) is 7.57. The molecule has 1 aromatic rings. The van der Waals surface area contributed by atoms with E-state index in [0.717, 1.165) is 12.1 Å². The molecular formula is C10H14Cl3FN2O2S. The van der Waals surface area contributed by atoms with Crippen LogP contribution in [0.3, 0.4) is 0 Å². The van der Waals surface area contributed by atoms with Crippen LogP contribution in [0.2, 0.25) is 10.0 Å². The third kappa shape index (κ3) is 5.06. The first-order valence-electron chi connectivity index (χ1n) is 5.09. The van der Waals surface area contributed by atoms with Gasteiger partial charge in [0.15, 0.2) is 0 Å². The maximum Gasteiger partial charge on any atom is 0.243 e. The summed E-state index contributed by atoms with van der Waals surface area (Å²) in [6.45, 7) is 1.97. The second-order valence-corrected chi connectivity index (χ2v) is 6.26. The van der Waals surface area contributed by atoms with Crippen LogP contribution in [0, 0.1) is 5.82 Å². The third-order valence-corrected chi connectivity index (χ3v) is 4.65. The molecule has 0 aliphatic rings. The SMILES string of the molecule is CNC(C)CNS(=O)(=O)c1c(Cl)cc(F)cc1Cl.Cl. The van der Waals surface area contributed by atoms with Gasteiger partial charge in [-0.3, -0.25) is 0 Å². The number of hydrogen-bond donors (Lipinski definition) is 2. The number of hydrogen-bond acceptors (Lipinski definition) is 3. The fraction of sp³-hybridized carbons (Fsp3) is 0.400. The van der Waals surface area contributed by atoms with Gasteiger partial charge in [0, 0.05) is 12.6 Å². The highest BCUT2D eigenvalue weighted by molar-refractivity contribution is 7.89. The Morgan fingerprint density at radius 3 is 2.21 bits per heavy atom. The Bertz CT molecular complexity index is 517. The molecule has 0 fully saturated rings. The molecule has 0 heterocycles. The van der Waals surface area contributed by atoms with Crippen LogP contribution in [-0.2, 0) is 10.0 Å². The maximum absolute atomic E-state index is 13.0. The van der Waals surface area contributed by atoms with Gasteiger partial charge in [-0.25, -0.2) is 17.5 Å². The molecule has 0 aliphatic carbocycles. The van der Waals surface area contributed by atoms with Crippen molar-refractivity contribution in [2.24, 2.45) is 0 Å². The lowest BCUT2D eigenvalue weighted by Crippen LogP contribution is -2.37. The quantitative estimate of drug-likeness (QED) is 0.856. The van der Waals surface area contributed by atoms with E-state index in [0.29, 0.717) is 0 Å². The van der Waals surface area contributed by atoms with E-state index in [-0.39, 0.29) is 39.9 Å². The molecule has 0 amide bonds. The molecule has 1 unspecified atom stereocenters. The predicted molar refractivity (Wildman–Crippen MR) is 77.4 cm³/mol. The van der Waals surface area contributed by atoms with Crippen molar-refractivity contribution >= 4 is 45.6 Å². The largest absolute Gasteiger partial charge is 0.316 e. The third-order valence-electron chi connectivity index (χ3n) is 2.30. The highest BCUT2D eigenvalue weighted by atomic mass is 35.5. The van der Waals surface area contributed by atoms with Crippen LogP contribution in [0.4, 0.5) is 4.39 Å². The summed E-state index contributed by atoms with van der Waals surface area (Å²) in [6.07, 6.45) is 0. The molecule has 0 radical (unpaired) electrons. The minimum atomic E-state index is -3.86. The summed E-state index contributed by atoms with van der Waals surface area (Å²) in [4.78, 5) is -0.310. The van der Waals surface area contributed by atoms with Gasteiger partial charge in [0.2, 0.25) is 10.0 Å². The molecule has 0 aliphatic heterocycles. The monoisotopic (exact) mass is 350 g/mol. The fourth-order valence-electron chi connectivity index (χ4n) is 1.19. The Hall–Kier alpha value is -0.110. The number of benzene rings is 1. The van der Waals surface area contributed by atoms with E-state index in [1.807, 2.05) is 0 Å². The molecule has 4 nitrogen and oxygen atoms in total. The van der Waals surface area contributed by atoms with Gasteiger partial charge >= 0.3 is 0 Å². The van der Waals surface area contributed by atoms with E-state index in [4.69, 9.17) is 23.2 Å². The minimum Gasteiger partial charge on any atom is -0.316 e. The first kappa shape index (κ1) is 18.9. The first-order valence-corrected chi connectivity index (χ1v) is 7.33. The highest BCUT2D eigenvalue weighted by Gasteiger charge is 2.22. The number of sulfonamides is 1. The van der Waals surface area contributed by atoms with Crippen molar-refractivity contribution in [2.45, 2.75) is 17.9 Å². The van der Waals surface area contributed by atoms with Crippen LogP contribution in [0.25, 0.3) is 0 Å². The van der Waals surface area contributed by atoms with E-state index in [1.54, 1.807) is 14.0 Å². The summed E-state index contributed by atoms with van der Waals surface area (Å²) >= 11 is 11.4. The average molecular weight is 352 g/mol. The summed E-state index contributed by atoms with van der Waals surface area (Å²) in [5.74, 6) is -0.687. The van der Waals surface area contributed by atoms with E-state index in [1.165, 1.54) is 0 Å². The van der Waals surface area contributed by atoms with E-state index < -0.39 is 15.8 Å². The zero-order valence-electron chi connectivity index (χ0n) is 10.2. The van der Waals surface area contributed by atoms with Crippen molar-refractivity contribution in [3.05, 3.63) is 28.0 Å². The van der Waals surface area contributed by atoms with Gasteiger partial charge in [-0.1, -0.05) is 23.2 Å². The molecule has 1 aromatic carbocycles. The summed E-state index contributed by atoms with van der Waals surface area (Å²) in [5.41, 5.74) is 0. The number of halogens is 4. The van der Waals surface area contributed by atoms with E-state index in [9.17, 15) is 12.8 Å². The molecule has 110 valence electrons. The van der Waals surface area contributed by atoms with Crippen molar-refractivity contribution in [1.29, 1.82) is 0 Å². The predicted octanol–water partition coefficient (Wildman–Crippen LogP) is 2.44. The van der Waals surface area contributed by atoms with Gasteiger partial charge in [0.05, 0.1) is 10.0 Å². The summed E-state index contributed by atoms with van der Waals surface area (Å²) in [5, 5.41) is 2.38. The van der Waals surface area contributed by atoms with Gasteiger partial charge in [-0.2, -0.15) is 0 Å². The van der Waals surface area contributed by atoms with Crippen LogP contribution in [-0.4, -0.2) is 28.1 Å². The maximum atomic E-state index is 13.0. The van der Waals surface area contributed by atoms with Crippen LogP contribution in [0.1, 0.15) is 6.92 Å². The Morgan fingerprint density at radius 1 is 1.32 bits per heavy atom. The Morgan fingerprint density at radius 2 is 1.79 bits per heavy atom. The van der Waals surface area contributed by atoms with Gasteiger partial charge in [0.1, 0.15) is 10.7 Å². The van der Waals surface area contributed by atoms with Gasteiger partial charge in [-0.15, -0.1) is 12.4 Å². The summed E-state index contributed by atoms with van der Waals surface area (Å²) < 4.78 is 39.3. The number of nitrogens with one attached hydrogen (secondary N) is 2. The van der Waals surface area contributed by atoms with Crippen LogP contribution >= 0.6 is 35.6 Å². The van der Waals surface area contributed by atoms with Crippen molar-refractivity contribution in [1.82, 2.24) is 10.0 Å². The molecule has 19 heavy (non-hydrogen) atoms. The zero-order valence-corrected chi connectivity index (χ0v) is 13.4. The van der Waals surface area contributed by atoms with E-state index >= 15 is 0 Å². The van der Waals surface area contributed by atoms with Gasteiger partial charge < -0.3 is 5.32 Å². The van der Waals surface area contributed by atoms with Crippen molar-refractivity contribution in [3.63, 3.8) is 0 Å². The normalized spacial score (nSPS) is 12.9. The summed E-state index contributed by atoms with van der Waals surface area (Å²) in [6, 6.07) is 1.75. The Balaban J connectivity index is 0.00000324. The molecular weight excluding hydrogens is 338 g/mol. The molecule has 0 saturated heterocycles. The fourth-order valence-corrected chi connectivity index (χ4v) is 3.51. The molecule has 9 heteroatoms. The second kappa shape index (κ2) is 7.61. The molecule has 0 bridgehead atoms.